The van der Waals surface area contributed by atoms with Gasteiger partial charge in [-0.1, -0.05) is 0 Å². The van der Waals surface area contributed by atoms with Gasteiger partial charge >= 0.3 is 0 Å². The summed E-state index contributed by atoms with van der Waals surface area (Å²) in [4.78, 5) is 0.876. The van der Waals surface area contributed by atoms with E-state index >= 15 is 0 Å². The van der Waals surface area contributed by atoms with E-state index in [-0.39, 0.29) is 5.82 Å². The van der Waals surface area contributed by atoms with Crippen LogP contribution in [0, 0.1) is 5.82 Å². The van der Waals surface area contributed by atoms with Crippen LogP contribution in [0.4, 0.5) is 4.39 Å². The third-order valence-electron chi connectivity index (χ3n) is 1.89. The smallest absolute Gasteiger partial charge is 0.127 e. The summed E-state index contributed by atoms with van der Waals surface area (Å²) in [5.41, 5.74) is 0. The van der Waals surface area contributed by atoms with Gasteiger partial charge in [0.05, 0.1) is 0 Å². The number of benzene rings is 2. The van der Waals surface area contributed by atoms with E-state index in [1.54, 1.807) is 12.1 Å². The Kier molecular flexibility index (Phi) is 2.92. The van der Waals surface area contributed by atoms with Crippen LogP contribution in [0.1, 0.15) is 0 Å². The maximum Gasteiger partial charge on any atom is 0.127 e. The fraction of sp³-hybridized carbons (Fsp3) is 0. The van der Waals surface area contributed by atoms with Gasteiger partial charge in [0, 0.05) is 4.90 Å². The van der Waals surface area contributed by atoms with E-state index in [4.69, 9.17) is 4.74 Å². The van der Waals surface area contributed by atoms with E-state index in [1.165, 1.54) is 12.1 Å². The van der Waals surface area contributed by atoms with Crippen LogP contribution < -0.4 is 4.74 Å². The lowest BCUT2D eigenvalue weighted by atomic mass is 10.3. The van der Waals surface area contributed by atoms with Gasteiger partial charge in [-0.25, -0.2) is 4.39 Å². The Hall–Kier alpha value is -1.48. The molecule has 15 heavy (non-hydrogen) atoms. The molecule has 0 aliphatic heterocycles. The molecule has 0 saturated carbocycles. The van der Waals surface area contributed by atoms with Gasteiger partial charge in [-0.15, -0.1) is 12.6 Å². The van der Waals surface area contributed by atoms with Crippen LogP contribution in [0.5, 0.6) is 11.5 Å². The minimum atomic E-state index is -0.270. The van der Waals surface area contributed by atoms with Crippen LogP contribution in [-0.2, 0) is 0 Å². The lowest BCUT2D eigenvalue weighted by molar-refractivity contribution is 0.480. The van der Waals surface area contributed by atoms with E-state index in [9.17, 15) is 4.39 Å². The minimum Gasteiger partial charge on any atom is -0.457 e. The first kappa shape index (κ1) is 10.1. The van der Waals surface area contributed by atoms with Crippen LogP contribution in [0.3, 0.4) is 0 Å². The van der Waals surface area contributed by atoms with Gasteiger partial charge in [-0.05, 0) is 48.5 Å². The largest absolute Gasteiger partial charge is 0.457 e. The second-order valence-electron chi connectivity index (χ2n) is 3.05. The highest BCUT2D eigenvalue weighted by molar-refractivity contribution is 7.80. The summed E-state index contributed by atoms with van der Waals surface area (Å²) in [7, 11) is 0. The lowest BCUT2D eigenvalue weighted by Crippen LogP contribution is -1.83. The summed E-state index contributed by atoms with van der Waals surface area (Å²) in [6.45, 7) is 0. The number of hydrogen-bond acceptors (Lipinski definition) is 2. The molecule has 1 nitrogen and oxygen atoms in total. The third kappa shape index (κ3) is 2.73. The molecule has 0 spiro atoms. The van der Waals surface area contributed by atoms with E-state index < -0.39 is 0 Å². The van der Waals surface area contributed by atoms with Crippen molar-refractivity contribution in [3.05, 3.63) is 54.3 Å². The first-order valence-electron chi connectivity index (χ1n) is 4.46. The fourth-order valence-electron chi connectivity index (χ4n) is 1.15. The van der Waals surface area contributed by atoms with Crippen molar-refractivity contribution in [1.82, 2.24) is 0 Å². The summed E-state index contributed by atoms with van der Waals surface area (Å²) in [5, 5.41) is 0. The molecule has 0 N–H and O–H groups in total. The molecule has 0 radical (unpaired) electrons. The lowest BCUT2D eigenvalue weighted by Gasteiger charge is -2.05. The van der Waals surface area contributed by atoms with Crippen molar-refractivity contribution in [1.29, 1.82) is 0 Å². The number of halogens is 1. The van der Waals surface area contributed by atoms with Crippen molar-refractivity contribution >= 4 is 12.6 Å². The number of thiol groups is 1. The number of rotatable bonds is 2. The van der Waals surface area contributed by atoms with E-state index in [2.05, 4.69) is 12.6 Å². The third-order valence-corrected chi connectivity index (χ3v) is 2.18. The zero-order valence-corrected chi connectivity index (χ0v) is 8.75. The highest BCUT2D eigenvalue weighted by atomic mass is 32.1. The van der Waals surface area contributed by atoms with Crippen LogP contribution in [0.25, 0.3) is 0 Å². The van der Waals surface area contributed by atoms with Crippen LogP contribution in [0.15, 0.2) is 53.4 Å². The summed E-state index contributed by atoms with van der Waals surface area (Å²) >= 11 is 4.17. The van der Waals surface area contributed by atoms with Crippen LogP contribution >= 0.6 is 12.6 Å². The monoisotopic (exact) mass is 220 g/mol. The van der Waals surface area contributed by atoms with Crippen molar-refractivity contribution in [3.63, 3.8) is 0 Å². The molecule has 2 rings (SSSR count). The zero-order valence-electron chi connectivity index (χ0n) is 7.85. The molecule has 2 aromatic rings. The van der Waals surface area contributed by atoms with Crippen LogP contribution in [0.2, 0.25) is 0 Å². The zero-order chi connectivity index (χ0) is 10.7. The molecule has 0 heterocycles. The molecule has 0 unspecified atom stereocenters. The molecule has 2 aromatic carbocycles. The van der Waals surface area contributed by atoms with Gasteiger partial charge in [0.2, 0.25) is 0 Å². The SMILES string of the molecule is Fc1ccc(Oc2ccc(S)cc2)cc1. The summed E-state index contributed by atoms with van der Waals surface area (Å²) in [6, 6.07) is 13.2. The molecule has 0 bridgehead atoms. The van der Waals surface area contributed by atoms with E-state index in [0.717, 1.165) is 4.90 Å². The molecule has 0 aliphatic rings. The average Bonchev–Trinajstić information content (AvgIpc) is 2.25. The maximum atomic E-state index is 12.6. The number of hydrogen-bond donors (Lipinski definition) is 1. The Morgan fingerprint density at radius 1 is 0.800 bits per heavy atom. The molecular weight excluding hydrogens is 211 g/mol. The van der Waals surface area contributed by atoms with Gasteiger partial charge in [0.25, 0.3) is 0 Å². The van der Waals surface area contributed by atoms with E-state index in [0.29, 0.717) is 11.5 Å². The summed E-state index contributed by atoms with van der Waals surface area (Å²) in [6.07, 6.45) is 0. The first-order valence-corrected chi connectivity index (χ1v) is 4.91. The van der Waals surface area contributed by atoms with E-state index in [1.807, 2.05) is 24.3 Å². The topological polar surface area (TPSA) is 9.23 Å². The van der Waals surface area contributed by atoms with Gasteiger partial charge in [0.1, 0.15) is 17.3 Å². The number of ether oxygens (including phenoxy) is 1. The molecule has 76 valence electrons. The van der Waals surface area contributed by atoms with Crippen molar-refractivity contribution in [2.45, 2.75) is 4.90 Å². The molecule has 0 atom stereocenters. The molecule has 0 amide bonds. The Bertz CT molecular complexity index is 393. The predicted molar refractivity (Wildman–Crippen MR) is 60.2 cm³/mol. The van der Waals surface area contributed by atoms with Gasteiger partial charge in [0.15, 0.2) is 0 Å². The quantitative estimate of drug-likeness (QED) is 0.755. The molecule has 0 saturated heterocycles. The van der Waals surface area contributed by atoms with Crippen molar-refractivity contribution in [2.75, 3.05) is 0 Å². The Morgan fingerprint density at radius 2 is 1.27 bits per heavy atom. The molecular formula is C12H9FOS. The molecule has 0 aromatic heterocycles. The Labute approximate surface area is 92.9 Å². The highest BCUT2D eigenvalue weighted by Gasteiger charge is 1.97. The Balaban J connectivity index is 2.15. The Morgan fingerprint density at radius 3 is 1.80 bits per heavy atom. The van der Waals surface area contributed by atoms with Crippen molar-refractivity contribution in [3.8, 4) is 11.5 Å². The molecule has 3 heteroatoms. The van der Waals surface area contributed by atoms with Crippen molar-refractivity contribution in [2.24, 2.45) is 0 Å². The summed E-state index contributed by atoms with van der Waals surface area (Å²) < 4.78 is 18.1. The van der Waals surface area contributed by atoms with Gasteiger partial charge in [-0.2, -0.15) is 0 Å². The second kappa shape index (κ2) is 4.36. The first-order chi connectivity index (χ1) is 7.24. The fourth-order valence-corrected chi connectivity index (χ4v) is 1.30. The normalized spacial score (nSPS) is 10.0. The van der Waals surface area contributed by atoms with Gasteiger partial charge < -0.3 is 4.74 Å². The standard InChI is InChI=1S/C12H9FOS/c13-9-1-3-10(4-2-9)14-11-5-7-12(15)8-6-11/h1-8,15H. The molecule has 0 fully saturated rings. The predicted octanol–water partition coefficient (Wildman–Crippen LogP) is 3.91. The minimum absolute atomic E-state index is 0.270. The van der Waals surface area contributed by atoms with Crippen molar-refractivity contribution < 1.29 is 9.13 Å². The summed E-state index contributed by atoms with van der Waals surface area (Å²) in [5.74, 6) is 1.05. The average molecular weight is 220 g/mol. The van der Waals surface area contributed by atoms with Gasteiger partial charge in [-0.3, -0.25) is 0 Å². The second-order valence-corrected chi connectivity index (χ2v) is 3.57. The highest BCUT2D eigenvalue weighted by Crippen LogP contribution is 2.22. The molecule has 0 aliphatic carbocycles. The van der Waals surface area contributed by atoms with Crippen LogP contribution in [-0.4, -0.2) is 0 Å². The maximum absolute atomic E-state index is 12.6.